The van der Waals surface area contributed by atoms with Crippen LogP contribution >= 0.6 is 23.2 Å². The maximum atomic E-state index is 12.6. The third-order valence-electron chi connectivity index (χ3n) is 4.06. The van der Waals surface area contributed by atoms with Crippen LogP contribution in [0.1, 0.15) is 18.5 Å². The van der Waals surface area contributed by atoms with Crippen molar-refractivity contribution >= 4 is 46.4 Å². The Kier molecular flexibility index (Phi) is 5.27. The molecule has 7 heteroatoms. The van der Waals surface area contributed by atoms with E-state index in [1.54, 1.807) is 18.2 Å². The van der Waals surface area contributed by atoms with Crippen LogP contribution in [0, 0.1) is 0 Å². The summed E-state index contributed by atoms with van der Waals surface area (Å²) in [5.74, 6) is -0.389. The first-order valence-electron chi connectivity index (χ1n) is 7.83. The maximum absolute atomic E-state index is 12.6. The molecule has 1 heterocycles. The number of rotatable bonds is 4. The van der Waals surface area contributed by atoms with E-state index in [1.807, 2.05) is 31.2 Å². The van der Waals surface area contributed by atoms with E-state index in [1.165, 1.54) is 4.90 Å². The highest BCUT2D eigenvalue weighted by molar-refractivity contribution is 6.35. The Bertz CT molecular complexity index is 826. The van der Waals surface area contributed by atoms with E-state index in [2.05, 4.69) is 10.6 Å². The van der Waals surface area contributed by atoms with Gasteiger partial charge in [-0.15, -0.1) is 0 Å². The fraction of sp³-hybridized carbons (Fsp3) is 0.222. The minimum atomic E-state index is -0.208. The number of carbonyl (C=O) groups excluding carboxylic acids is 2. The van der Waals surface area contributed by atoms with E-state index in [4.69, 9.17) is 23.2 Å². The normalized spacial score (nSPS) is 14.7. The number of nitrogens with zero attached hydrogens (tertiary/aromatic N) is 1. The zero-order valence-corrected chi connectivity index (χ0v) is 15.1. The van der Waals surface area contributed by atoms with Crippen LogP contribution in [0.4, 0.5) is 11.4 Å². The molecule has 2 aromatic rings. The van der Waals surface area contributed by atoms with E-state index in [-0.39, 0.29) is 30.9 Å². The number of anilines is 2. The Morgan fingerprint density at radius 3 is 2.80 bits per heavy atom. The molecule has 130 valence electrons. The molecule has 0 radical (unpaired) electrons. The molecule has 0 unspecified atom stereocenters. The number of fused-ring (bicyclic) bond motifs is 1. The predicted octanol–water partition coefficient (Wildman–Crippen LogP) is 3.63. The van der Waals surface area contributed by atoms with Crippen molar-refractivity contribution in [1.29, 1.82) is 0 Å². The van der Waals surface area contributed by atoms with Crippen LogP contribution in [-0.4, -0.2) is 24.9 Å². The summed E-state index contributed by atoms with van der Waals surface area (Å²) in [6.07, 6.45) is 0. The van der Waals surface area contributed by atoms with Gasteiger partial charge in [0.25, 0.3) is 0 Å². The Morgan fingerprint density at radius 1 is 1.28 bits per heavy atom. The van der Waals surface area contributed by atoms with Crippen LogP contribution in [0.3, 0.4) is 0 Å². The number of hydrogen-bond donors (Lipinski definition) is 2. The van der Waals surface area contributed by atoms with Crippen molar-refractivity contribution in [3.63, 3.8) is 0 Å². The van der Waals surface area contributed by atoms with E-state index in [9.17, 15) is 9.59 Å². The van der Waals surface area contributed by atoms with Crippen molar-refractivity contribution in [3.8, 4) is 0 Å². The summed E-state index contributed by atoms with van der Waals surface area (Å²) in [5.41, 5.74) is 2.20. The number of amides is 2. The topological polar surface area (TPSA) is 61.4 Å². The first-order valence-corrected chi connectivity index (χ1v) is 8.59. The molecule has 5 nitrogen and oxygen atoms in total. The molecular weight excluding hydrogens is 361 g/mol. The third-order valence-corrected chi connectivity index (χ3v) is 4.62. The van der Waals surface area contributed by atoms with Crippen molar-refractivity contribution in [2.24, 2.45) is 0 Å². The van der Waals surface area contributed by atoms with E-state index in [0.717, 1.165) is 5.56 Å². The Labute approximate surface area is 155 Å². The van der Waals surface area contributed by atoms with Gasteiger partial charge >= 0.3 is 0 Å². The lowest BCUT2D eigenvalue weighted by molar-refractivity contribution is -0.121. The largest absolute Gasteiger partial charge is 0.323 e. The van der Waals surface area contributed by atoms with Gasteiger partial charge in [-0.2, -0.15) is 0 Å². The molecule has 1 atom stereocenters. The van der Waals surface area contributed by atoms with Gasteiger partial charge in [0.15, 0.2) is 0 Å². The van der Waals surface area contributed by atoms with Crippen LogP contribution in [-0.2, 0) is 9.59 Å². The number of carbonyl (C=O) groups is 2. The molecule has 0 saturated carbocycles. The van der Waals surface area contributed by atoms with Crippen LogP contribution in [0.5, 0.6) is 0 Å². The summed E-state index contributed by atoms with van der Waals surface area (Å²) in [6.45, 7) is 2.01. The van der Waals surface area contributed by atoms with Gasteiger partial charge in [-0.3, -0.25) is 14.5 Å². The lowest BCUT2D eigenvalue weighted by atomic mass is 10.1. The zero-order chi connectivity index (χ0) is 18.0. The summed E-state index contributed by atoms with van der Waals surface area (Å²) in [6, 6.07) is 12.4. The molecule has 25 heavy (non-hydrogen) atoms. The molecule has 2 amide bonds. The van der Waals surface area contributed by atoms with Gasteiger partial charge < -0.3 is 10.6 Å². The number of para-hydroxylation sites is 2. The third kappa shape index (κ3) is 3.95. The van der Waals surface area contributed by atoms with Gasteiger partial charge in [0, 0.05) is 16.1 Å². The van der Waals surface area contributed by atoms with Crippen LogP contribution in [0.25, 0.3) is 0 Å². The second kappa shape index (κ2) is 7.44. The molecule has 0 bridgehead atoms. The Hall–Kier alpha value is -2.08. The Balaban J connectivity index is 1.69. The minimum Gasteiger partial charge on any atom is -0.323 e. The first kappa shape index (κ1) is 17.7. The molecule has 0 aliphatic carbocycles. The monoisotopic (exact) mass is 377 g/mol. The SMILES string of the molecule is C[C@H](NCC(=O)N1CC(=O)Nc2ccccc21)c1ccc(Cl)cc1Cl. The summed E-state index contributed by atoms with van der Waals surface area (Å²) < 4.78 is 0. The van der Waals surface area contributed by atoms with Crippen molar-refractivity contribution in [2.45, 2.75) is 13.0 Å². The second-order valence-corrected chi connectivity index (χ2v) is 6.66. The van der Waals surface area contributed by atoms with Crippen molar-refractivity contribution < 1.29 is 9.59 Å². The molecule has 0 saturated heterocycles. The first-order chi connectivity index (χ1) is 12.0. The highest BCUT2D eigenvalue weighted by Crippen LogP contribution is 2.29. The van der Waals surface area contributed by atoms with Crippen LogP contribution < -0.4 is 15.5 Å². The number of benzene rings is 2. The van der Waals surface area contributed by atoms with Gasteiger partial charge in [-0.25, -0.2) is 0 Å². The average molecular weight is 378 g/mol. The fourth-order valence-electron chi connectivity index (χ4n) is 2.75. The van der Waals surface area contributed by atoms with Gasteiger partial charge in [-0.1, -0.05) is 41.4 Å². The second-order valence-electron chi connectivity index (χ2n) is 5.81. The quantitative estimate of drug-likeness (QED) is 0.854. The lowest BCUT2D eigenvalue weighted by Gasteiger charge is -2.29. The maximum Gasteiger partial charge on any atom is 0.244 e. The Morgan fingerprint density at radius 2 is 2.04 bits per heavy atom. The zero-order valence-electron chi connectivity index (χ0n) is 13.6. The van der Waals surface area contributed by atoms with Crippen molar-refractivity contribution in [2.75, 3.05) is 23.3 Å². The molecule has 1 aliphatic rings. The van der Waals surface area contributed by atoms with Crippen LogP contribution in [0.2, 0.25) is 10.0 Å². The van der Waals surface area contributed by atoms with Gasteiger partial charge in [-0.05, 0) is 36.8 Å². The summed E-state index contributed by atoms with van der Waals surface area (Å²) >= 11 is 12.1. The smallest absolute Gasteiger partial charge is 0.244 e. The van der Waals surface area contributed by atoms with E-state index in [0.29, 0.717) is 21.4 Å². The summed E-state index contributed by atoms with van der Waals surface area (Å²) in [7, 11) is 0. The summed E-state index contributed by atoms with van der Waals surface area (Å²) in [5, 5.41) is 7.02. The molecule has 0 aromatic heterocycles. The standard InChI is InChI=1S/C18H17Cl2N3O2/c1-11(13-7-6-12(19)8-14(13)20)21-9-18(25)23-10-17(24)22-15-4-2-3-5-16(15)23/h2-8,11,21H,9-10H2,1H3,(H,22,24)/t11-/m0/s1. The molecule has 0 fully saturated rings. The highest BCUT2D eigenvalue weighted by atomic mass is 35.5. The van der Waals surface area contributed by atoms with Gasteiger partial charge in [0.2, 0.25) is 11.8 Å². The molecule has 1 aliphatic heterocycles. The molecule has 2 N–H and O–H groups in total. The number of hydrogen-bond acceptors (Lipinski definition) is 3. The van der Waals surface area contributed by atoms with Gasteiger partial charge in [0.05, 0.1) is 17.9 Å². The predicted molar refractivity (Wildman–Crippen MR) is 100 cm³/mol. The fourth-order valence-corrected chi connectivity index (χ4v) is 3.33. The van der Waals surface area contributed by atoms with E-state index >= 15 is 0 Å². The molecule has 3 rings (SSSR count). The minimum absolute atomic E-state index is 0.00755. The van der Waals surface area contributed by atoms with Crippen LogP contribution in [0.15, 0.2) is 42.5 Å². The number of nitrogens with one attached hydrogen (secondary N) is 2. The molecule has 2 aromatic carbocycles. The highest BCUT2D eigenvalue weighted by Gasteiger charge is 2.26. The summed E-state index contributed by atoms with van der Waals surface area (Å²) in [4.78, 5) is 25.9. The van der Waals surface area contributed by atoms with Crippen molar-refractivity contribution in [3.05, 3.63) is 58.1 Å². The molecule has 0 spiro atoms. The van der Waals surface area contributed by atoms with Gasteiger partial charge in [0.1, 0.15) is 6.54 Å². The molecular formula is C18H17Cl2N3O2. The van der Waals surface area contributed by atoms with E-state index < -0.39 is 0 Å². The van der Waals surface area contributed by atoms with Crippen molar-refractivity contribution in [1.82, 2.24) is 5.32 Å². The average Bonchev–Trinajstić information content (AvgIpc) is 2.58. The lowest BCUT2D eigenvalue weighted by Crippen LogP contribution is -2.46. The number of halogens is 2.